The molecule has 0 aliphatic heterocycles. The summed E-state index contributed by atoms with van der Waals surface area (Å²) in [6, 6.07) is 0. The molecule has 66 valence electrons. The number of carbonyl (C=O) groups excluding carboxylic acids is 1. The summed E-state index contributed by atoms with van der Waals surface area (Å²) >= 11 is 7.34. The van der Waals surface area contributed by atoms with Crippen LogP contribution in [0, 0.1) is 9.39 Å². The predicted molar refractivity (Wildman–Crippen MR) is 51.9 cm³/mol. The lowest BCUT2D eigenvalue weighted by Gasteiger charge is -1.92. The molecule has 0 spiro atoms. The first-order chi connectivity index (χ1) is 5.46. The average molecular weight is 321 g/mol. The summed E-state index contributed by atoms with van der Waals surface area (Å²) in [6.07, 6.45) is 1.55. The van der Waals surface area contributed by atoms with E-state index in [0.717, 1.165) is 0 Å². The number of halogens is 3. The molecule has 1 rings (SSSR count). The van der Waals surface area contributed by atoms with E-state index in [0.29, 0.717) is 0 Å². The molecular weight excluding hydrogens is 317 g/mol. The molecule has 1 unspecified atom stereocenters. The van der Waals surface area contributed by atoms with E-state index >= 15 is 0 Å². The Hall–Kier alpha value is 0.120. The van der Waals surface area contributed by atoms with Gasteiger partial charge in [0, 0.05) is 10.5 Å². The Morgan fingerprint density at radius 2 is 2.25 bits per heavy atom. The van der Waals surface area contributed by atoms with Gasteiger partial charge in [-0.1, -0.05) is 0 Å². The minimum atomic E-state index is -1.48. The Kier molecular flexibility index (Phi) is 2.95. The molecule has 0 saturated heterocycles. The molecule has 1 aromatic rings. The molecule has 1 heterocycles. The van der Waals surface area contributed by atoms with Crippen LogP contribution in [0.4, 0.5) is 4.39 Å². The number of hydrogen-bond acceptors (Lipinski definition) is 2. The monoisotopic (exact) mass is 320 g/mol. The van der Waals surface area contributed by atoms with Gasteiger partial charge in [-0.25, -0.2) is 0 Å². The SMILES string of the molecule is C[s+]1c(Cl)c(I)c(F)c1C(=O)[O-]. The van der Waals surface area contributed by atoms with E-state index in [4.69, 9.17) is 11.6 Å². The van der Waals surface area contributed by atoms with Crippen LogP contribution >= 0.6 is 44.7 Å². The zero-order valence-corrected chi connectivity index (χ0v) is 9.59. The standard InChI is InChI=1S/C6H3ClFIO2S/c1-12-4(6(10)11)2(8)3(9)5(12)7/h1H3. The van der Waals surface area contributed by atoms with Gasteiger partial charge >= 0.3 is 0 Å². The van der Waals surface area contributed by atoms with E-state index in [1.807, 2.05) is 0 Å². The van der Waals surface area contributed by atoms with Gasteiger partial charge < -0.3 is 9.90 Å². The second-order valence-corrected chi connectivity index (χ2v) is 5.55. The topological polar surface area (TPSA) is 40.1 Å². The van der Waals surface area contributed by atoms with Crippen molar-refractivity contribution in [2.24, 2.45) is 6.26 Å². The minimum Gasteiger partial charge on any atom is -0.540 e. The number of rotatable bonds is 1. The Labute approximate surface area is 89.5 Å². The van der Waals surface area contributed by atoms with Crippen LogP contribution in [0.15, 0.2) is 0 Å². The molecule has 0 aliphatic carbocycles. The number of thiophene rings is 1. The quantitative estimate of drug-likeness (QED) is 0.584. The minimum absolute atomic E-state index is 0.180. The fourth-order valence-corrected chi connectivity index (χ4v) is 3.68. The maximum absolute atomic E-state index is 13.0. The lowest BCUT2D eigenvalue weighted by Crippen LogP contribution is -2.22. The first-order valence-corrected chi connectivity index (χ1v) is 5.88. The lowest BCUT2D eigenvalue weighted by atomic mass is 10.4. The van der Waals surface area contributed by atoms with Gasteiger partial charge in [0.1, 0.15) is 15.8 Å². The number of carbonyl (C=O) groups is 1. The number of carboxylic acids is 1. The second-order valence-electron chi connectivity index (χ2n) is 2.03. The zero-order valence-electron chi connectivity index (χ0n) is 5.86. The van der Waals surface area contributed by atoms with Gasteiger partial charge in [0.25, 0.3) is 4.34 Å². The number of carboxylic acid groups (broad SMARTS) is 1. The first kappa shape index (κ1) is 10.2. The lowest BCUT2D eigenvalue weighted by molar-refractivity contribution is -0.254. The largest absolute Gasteiger partial charge is 0.540 e. The van der Waals surface area contributed by atoms with E-state index in [1.54, 1.807) is 28.8 Å². The molecule has 1 aromatic heterocycles. The van der Waals surface area contributed by atoms with E-state index in [2.05, 4.69) is 0 Å². The smallest absolute Gasteiger partial charge is 0.257 e. The average Bonchev–Trinajstić information content (AvgIpc) is 2.16. The van der Waals surface area contributed by atoms with Crippen LogP contribution in [-0.4, -0.2) is 5.97 Å². The van der Waals surface area contributed by atoms with Crippen molar-refractivity contribution in [3.63, 3.8) is 0 Å². The normalized spacial score (nSPS) is 11.8. The van der Waals surface area contributed by atoms with Gasteiger partial charge in [0.2, 0.25) is 10.7 Å². The highest BCUT2D eigenvalue weighted by Gasteiger charge is 2.28. The highest BCUT2D eigenvalue weighted by Crippen LogP contribution is 2.39. The van der Waals surface area contributed by atoms with Crippen LogP contribution in [0.3, 0.4) is 0 Å². The van der Waals surface area contributed by atoms with Crippen molar-refractivity contribution in [1.29, 1.82) is 0 Å². The molecule has 1 atom stereocenters. The van der Waals surface area contributed by atoms with Crippen LogP contribution < -0.4 is 5.11 Å². The van der Waals surface area contributed by atoms with Crippen LogP contribution in [0.5, 0.6) is 0 Å². The molecule has 0 aliphatic rings. The summed E-state index contributed by atoms with van der Waals surface area (Å²) < 4.78 is 13.5. The van der Waals surface area contributed by atoms with Gasteiger partial charge in [-0.3, -0.25) is 0 Å². The molecule has 0 fully saturated rings. The van der Waals surface area contributed by atoms with Crippen LogP contribution in [0.2, 0.25) is 4.34 Å². The van der Waals surface area contributed by atoms with Crippen molar-refractivity contribution in [2.45, 2.75) is 0 Å². The van der Waals surface area contributed by atoms with Gasteiger partial charge in [0.05, 0.1) is 0 Å². The number of hydrogen-bond donors (Lipinski definition) is 0. The second kappa shape index (κ2) is 3.47. The molecule has 0 bridgehead atoms. The molecule has 0 radical (unpaired) electrons. The van der Waals surface area contributed by atoms with Crippen LogP contribution in [0.25, 0.3) is 0 Å². The summed E-state index contributed by atoms with van der Waals surface area (Å²) in [5.74, 6) is -2.24. The zero-order chi connectivity index (χ0) is 9.46. The van der Waals surface area contributed by atoms with E-state index in [9.17, 15) is 14.3 Å². The Morgan fingerprint density at radius 1 is 1.75 bits per heavy atom. The first-order valence-electron chi connectivity index (χ1n) is 2.79. The molecule has 0 aromatic carbocycles. The Morgan fingerprint density at radius 3 is 2.42 bits per heavy atom. The predicted octanol–water partition coefficient (Wildman–Crippen LogP) is 1.73. The van der Waals surface area contributed by atoms with E-state index in [1.165, 1.54) is 0 Å². The Bertz CT molecular complexity index is 324. The summed E-state index contributed by atoms with van der Waals surface area (Å²) in [4.78, 5) is 10.1. The van der Waals surface area contributed by atoms with E-state index < -0.39 is 22.3 Å². The third kappa shape index (κ3) is 1.45. The molecule has 0 saturated carbocycles. The highest BCUT2D eigenvalue weighted by molar-refractivity contribution is 14.1. The molecule has 0 amide bonds. The van der Waals surface area contributed by atoms with Crippen molar-refractivity contribution >= 4 is 50.6 Å². The van der Waals surface area contributed by atoms with Crippen molar-refractivity contribution in [3.8, 4) is 0 Å². The summed E-state index contributed by atoms with van der Waals surface area (Å²) in [6.45, 7) is 0. The van der Waals surface area contributed by atoms with Gasteiger partial charge in [0.15, 0.2) is 0 Å². The highest BCUT2D eigenvalue weighted by atomic mass is 127. The maximum Gasteiger partial charge on any atom is 0.257 e. The van der Waals surface area contributed by atoms with Gasteiger partial charge in [-0.15, -0.1) is 0 Å². The van der Waals surface area contributed by atoms with Gasteiger partial charge in [-0.2, -0.15) is 4.39 Å². The van der Waals surface area contributed by atoms with Gasteiger partial charge in [-0.05, 0) is 34.2 Å². The fourth-order valence-electron chi connectivity index (χ4n) is 0.759. The summed E-state index contributed by atoms with van der Waals surface area (Å²) in [5, 5.41) is 10.4. The molecular formula is C6H3ClFIO2S. The maximum atomic E-state index is 13.0. The van der Waals surface area contributed by atoms with E-state index in [-0.39, 0.29) is 12.8 Å². The van der Waals surface area contributed by atoms with Crippen molar-refractivity contribution in [1.82, 2.24) is 0 Å². The molecule has 2 nitrogen and oxygen atoms in total. The van der Waals surface area contributed by atoms with Crippen molar-refractivity contribution < 1.29 is 14.3 Å². The summed E-state index contributed by atoms with van der Waals surface area (Å²) in [7, 11) is -0.866. The third-order valence-electron chi connectivity index (χ3n) is 1.33. The molecule has 12 heavy (non-hydrogen) atoms. The number of aromatic carboxylic acids is 1. The fraction of sp³-hybridized carbons (Fsp3) is 0.167. The molecule has 0 N–H and O–H groups in total. The molecule has 6 heteroatoms. The van der Waals surface area contributed by atoms with Crippen LogP contribution in [-0.2, 0) is 6.26 Å². The van der Waals surface area contributed by atoms with Crippen molar-refractivity contribution in [2.75, 3.05) is 0 Å². The third-order valence-corrected chi connectivity index (χ3v) is 5.61. The van der Waals surface area contributed by atoms with Crippen molar-refractivity contribution in [3.05, 3.63) is 18.6 Å². The van der Waals surface area contributed by atoms with Crippen LogP contribution in [0.1, 0.15) is 9.67 Å². The Balaban J connectivity index is 3.48. The summed E-state index contributed by atoms with van der Waals surface area (Å²) in [5.41, 5.74) is 0.